The summed E-state index contributed by atoms with van der Waals surface area (Å²) in [5.41, 5.74) is 0.956. The number of hydrogen-bond donors (Lipinski definition) is 0. The van der Waals surface area contributed by atoms with Gasteiger partial charge in [0.15, 0.2) is 12.3 Å². The van der Waals surface area contributed by atoms with E-state index in [4.69, 9.17) is 0 Å². The Bertz CT molecular complexity index is 279. The number of rotatable bonds is 3. The molecule has 0 amide bonds. The molecule has 0 aliphatic rings. The van der Waals surface area contributed by atoms with Gasteiger partial charge in [-0.05, 0) is 19.1 Å². The van der Waals surface area contributed by atoms with Crippen molar-refractivity contribution >= 4 is 6.21 Å². The van der Waals surface area contributed by atoms with Gasteiger partial charge in [0.1, 0.15) is 0 Å². The number of hydrogen-bond acceptors (Lipinski definition) is 1. The molecule has 0 bridgehead atoms. The lowest BCUT2D eigenvalue weighted by atomic mass is 10.2. The maximum atomic E-state index is 11.4. The van der Waals surface area contributed by atoms with Gasteiger partial charge in [0, 0.05) is 12.0 Å². The summed E-state index contributed by atoms with van der Waals surface area (Å²) in [6.07, 6.45) is 2.50. The maximum Gasteiger partial charge on any atom is 0.182 e. The van der Waals surface area contributed by atoms with Crippen molar-refractivity contribution in [1.82, 2.24) is 0 Å². The molecule has 0 spiro atoms. The lowest BCUT2D eigenvalue weighted by Crippen LogP contribution is -2.17. The molecule has 13 heavy (non-hydrogen) atoms. The van der Waals surface area contributed by atoms with E-state index >= 15 is 0 Å². The van der Waals surface area contributed by atoms with Crippen molar-refractivity contribution in [3.8, 4) is 0 Å². The first kappa shape index (κ1) is 9.78. The van der Waals surface area contributed by atoms with Crippen LogP contribution in [0.4, 0.5) is 0 Å². The van der Waals surface area contributed by atoms with E-state index in [-0.39, 0.29) is 6.04 Å². The van der Waals surface area contributed by atoms with Crippen LogP contribution in [0.25, 0.3) is 0 Å². The summed E-state index contributed by atoms with van der Waals surface area (Å²) < 4.78 is 1.01. The number of hydroxylamine groups is 1. The van der Waals surface area contributed by atoms with Gasteiger partial charge in [-0.2, -0.15) is 0 Å². The minimum absolute atomic E-state index is 0.0557. The van der Waals surface area contributed by atoms with Gasteiger partial charge in [-0.25, -0.2) is 4.74 Å². The van der Waals surface area contributed by atoms with Crippen molar-refractivity contribution in [2.45, 2.75) is 26.3 Å². The van der Waals surface area contributed by atoms with Crippen LogP contribution in [-0.4, -0.2) is 17.0 Å². The van der Waals surface area contributed by atoms with E-state index in [1.807, 2.05) is 44.2 Å². The summed E-state index contributed by atoms with van der Waals surface area (Å²) >= 11 is 0. The van der Waals surface area contributed by atoms with Crippen LogP contribution in [0.15, 0.2) is 30.3 Å². The fourth-order valence-electron chi connectivity index (χ4n) is 0.993. The number of benzene rings is 1. The van der Waals surface area contributed by atoms with E-state index in [1.54, 1.807) is 6.21 Å². The highest BCUT2D eigenvalue weighted by atomic mass is 16.5. The molecular formula is C11H15NO. The highest BCUT2D eigenvalue weighted by Gasteiger charge is 2.04. The van der Waals surface area contributed by atoms with Crippen LogP contribution < -0.4 is 0 Å². The first-order valence-corrected chi connectivity index (χ1v) is 4.59. The van der Waals surface area contributed by atoms with Gasteiger partial charge in [-0.1, -0.05) is 25.1 Å². The molecule has 0 aliphatic carbocycles. The average molecular weight is 177 g/mol. The molecule has 1 unspecified atom stereocenters. The molecule has 0 heterocycles. The summed E-state index contributed by atoms with van der Waals surface area (Å²) in [4.78, 5) is 0. The molecular weight excluding hydrogens is 162 g/mol. The van der Waals surface area contributed by atoms with Crippen LogP contribution in [0.3, 0.4) is 0 Å². The van der Waals surface area contributed by atoms with Crippen LogP contribution in [0.5, 0.6) is 0 Å². The summed E-state index contributed by atoms with van der Waals surface area (Å²) in [5.74, 6) is 0. The summed E-state index contributed by atoms with van der Waals surface area (Å²) in [5, 5.41) is 11.4. The molecule has 1 aromatic rings. The summed E-state index contributed by atoms with van der Waals surface area (Å²) in [7, 11) is 0. The Labute approximate surface area is 79.1 Å². The Hall–Kier alpha value is -1.31. The van der Waals surface area contributed by atoms with Crippen molar-refractivity contribution in [3.05, 3.63) is 41.1 Å². The molecule has 0 fully saturated rings. The topological polar surface area (TPSA) is 26.1 Å². The van der Waals surface area contributed by atoms with Gasteiger partial charge in [0.2, 0.25) is 0 Å². The van der Waals surface area contributed by atoms with E-state index < -0.39 is 0 Å². The second-order valence-corrected chi connectivity index (χ2v) is 3.16. The van der Waals surface area contributed by atoms with Gasteiger partial charge in [-0.15, -0.1) is 0 Å². The largest absolute Gasteiger partial charge is 0.624 e. The van der Waals surface area contributed by atoms with E-state index in [2.05, 4.69) is 0 Å². The predicted molar refractivity (Wildman–Crippen MR) is 55.0 cm³/mol. The van der Waals surface area contributed by atoms with Crippen LogP contribution in [0, 0.1) is 5.21 Å². The molecule has 0 saturated heterocycles. The minimum atomic E-state index is 0.0557. The zero-order chi connectivity index (χ0) is 9.68. The standard InChI is InChI=1S/C11H15NO/c1-3-10(2)12(13)9-11-7-5-4-6-8-11/h4-10H,3H2,1-2H3. The Morgan fingerprint density at radius 2 is 2.00 bits per heavy atom. The van der Waals surface area contributed by atoms with E-state index in [1.165, 1.54) is 0 Å². The quantitative estimate of drug-likeness (QED) is 0.301. The zero-order valence-corrected chi connectivity index (χ0v) is 8.10. The monoisotopic (exact) mass is 177 g/mol. The predicted octanol–water partition coefficient (Wildman–Crippen LogP) is 2.41. The first-order chi connectivity index (χ1) is 6.24. The van der Waals surface area contributed by atoms with Gasteiger partial charge in [0.25, 0.3) is 0 Å². The van der Waals surface area contributed by atoms with Crippen molar-refractivity contribution in [2.24, 2.45) is 0 Å². The Kier molecular flexibility index (Phi) is 3.50. The molecule has 0 aliphatic heterocycles. The second kappa shape index (κ2) is 4.65. The summed E-state index contributed by atoms with van der Waals surface area (Å²) in [6, 6.07) is 9.70. The molecule has 1 rings (SSSR count). The molecule has 70 valence electrons. The lowest BCUT2D eigenvalue weighted by Gasteiger charge is -2.09. The van der Waals surface area contributed by atoms with Gasteiger partial charge in [0.05, 0.1) is 0 Å². The van der Waals surface area contributed by atoms with Gasteiger partial charge in [-0.3, -0.25) is 0 Å². The molecule has 0 saturated carbocycles. The highest BCUT2D eigenvalue weighted by Crippen LogP contribution is 1.98. The first-order valence-electron chi connectivity index (χ1n) is 4.59. The minimum Gasteiger partial charge on any atom is -0.624 e. The van der Waals surface area contributed by atoms with Gasteiger partial charge >= 0.3 is 0 Å². The van der Waals surface area contributed by atoms with Crippen LogP contribution in [0.2, 0.25) is 0 Å². The molecule has 1 atom stereocenters. The third-order valence-corrected chi connectivity index (χ3v) is 2.10. The molecule has 0 radical (unpaired) electrons. The summed E-state index contributed by atoms with van der Waals surface area (Å²) in [6.45, 7) is 3.93. The molecule has 0 N–H and O–H groups in total. The SMILES string of the molecule is CCC(C)[N+]([O-])=Cc1ccccc1. The molecule has 0 aromatic heterocycles. The Morgan fingerprint density at radius 3 is 2.54 bits per heavy atom. The average Bonchev–Trinajstić information content (AvgIpc) is 2.18. The molecule has 2 heteroatoms. The van der Waals surface area contributed by atoms with Crippen molar-refractivity contribution < 1.29 is 4.74 Å². The van der Waals surface area contributed by atoms with Crippen molar-refractivity contribution in [2.75, 3.05) is 0 Å². The highest BCUT2D eigenvalue weighted by molar-refractivity contribution is 5.75. The van der Waals surface area contributed by atoms with E-state index in [0.717, 1.165) is 16.7 Å². The Balaban J connectivity index is 2.77. The third-order valence-electron chi connectivity index (χ3n) is 2.10. The van der Waals surface area contributed by atoms with Crippen LogP contribution >= 0.6 is 0 Å². The van der Waals surface area contributed by atoms with Gasteiger partial charge < -0.3 is 5.21 Å². The van der Waals surface area contributed by atoms with E-state index in [9.17, 15) is 5.21 Å². The third kappa shape index (κ3) is 2.90. The van der Waals surface area contributed by atoms with Crippen LogP contribution in [0.1, 0.15) is 25.8 Å². The molecule has 1 aromatic carbocycles. The maximum absolute atomic E-state index is 11.4. The van der Waals surface area contributed by atoms with Crippen molar-refractivity contribution in [1.29, 1.82) is 0 Å². The normalized spacial score (nSPS) is 14.2. The van der Waals surface area contributed by atoms with E-state index in [0.29, 0.717) is 0 Å². The second-order valence-electron chi connectivity index (χ2n) is 3.16. The van der Waals surface area contributed by atoms with Crippen LogP contribution in [-0.2, 0) is 0 Å². The smallest absolute Gasteiger partial charge is 0.182 e. The van der Waals surface area contributed by atoms with Crippen molar-refractivity contribution in [3.63, 3.8) is 0 Å². The fourth-order valence-corrected chi connectivity index (χ4v) is 0.993. The zero-order valence-electron chi connectivity index (χ0n) is 8.10. The fraction of sp³-hybridized carbons (Fsp3) is 0.364. The molecule has 2 nitrogen and oxygen atoms in total. The number of nitrogens with zero attached hydrogens (tertiary/aromatic N) is 1. The lowest BCUT2D eigenvalue weighted by molar-refractivity contribution is -0.492. The Morgan fingerprint density at radius 1 is 1.38 bits per heavy atom.